The van der Waals surface area contributed by atoms with Gasteiger partial charge in [-0.15, -0.1) is 0 Å². The highest BCUT2D eigenvalue weighted by Crippen LogP contribution is 2.43. The molecule has 0 radical (unpaired) electrons. The molecule has 0 fully saturated rings. The topological polar surface area (TPSA) is 117 Å². The van der Waals surface area contributed by atoms with E-state index in [-0.39, 0.29) is 32.3 Å². The Hall–Kier alpha value is -1.54. The molecule has 0 aromatic carbocycles. The van der Waals surface area contributed by atoms with Crippen molar-refractivity contribution in [1.29, 1.82) is 0 Å². The molecule has 0 aromatic rings. The van der Waals surface area contributed by atoms with Crippen LogP contribution in [0.1, 0.15) is 284 Å². The third-order valence-electron chi connectivity index (χ3n) is 12.7. The molecule has 2 unspecified atom stereocenters. The first kappa shape index (κ1) is 66.5. The number of phosphoric acid groups is 1. The van der Waals surface area contributed by atoms with Gasteiger partial charge in [0.1, 0.15) is 6.10 Å². The number of rotatable bonds is 56. The number of ether oxygens (including phenoxy) is 2. The van der Waals surface area contributed by atoms with Gasteiger partial charge in [0.05, 0.1) is 19.8 Å². The van der Waals surface area contributed by atoms with E-state index in [1.54, 1.807) is 0 Å². The average molecular weight is 979 g/mol. The Bertz CT molecular complexity index is 1190. The van der Waals surface area contributed by atoms with Gasteiger partial charge in [0.15, 0.2) is 0 Å². The Morgan fingerprint density at radius 3 is 1.18 bits per heavy atom. The lowest BCUT2D eigenvalue weighted by Gasteiger charge is -2.20. The van der Waals surface area contributed by atoms with Gasteiger partial charge >= 0.3 is 13.8 Å². The number of hydrogen-bond donors (Lipinski definition) is 2. The summed E-state index contributed by atoms with van der Waals surface area (Å²) in [5.41, 5.74) is 5.40. The molecule has 0 aromatic heterocycles. The van der Waals surface area contributed by atoms with E-state index < -0.39 is 13.9 Å². The minimum Gasteiger partial charge on any atom is -0.457 e. The van der Waals surface area contributed by atoms with Crippen molar-refractivity contribution < 1.29 is 32.8 Å². The fraction of sp³-hybridized carbons (Fsp3) is 0.847. The number of carbonyl (C=O) groups is 1. The molecule has 0 spiro atoms. The van der Waals surface area contributed by atoms with E-state index >= 15 is 0 Å². The normalized spacial score (nSPS) is 13.5. The van der Waals surface area contributed by atoms with Crippen molar-refractivity contribution >= 4 is 13.8 Å². The van der Waals surface area contributed by atoms with E-state index in [9.17, 15) is 14.3 Å². The Morgan fingerprint density at radius 2 is 0.779 bits per heavy atom. The summed E-state index contributed by atoms with van der Waals surface area (Å²) in [5, 5.41) is 0. The van der Waals surface area contributed by atoms with Crippen LogP contribution in [0.15, 0.2) is 48.6 Å². The molecule has 0 heterocycles. The maximum absolute atomic E-state index is 12.7. The molecule has 0 aliphatic carbocycles. The Kier molecular flexibility index (Phi) is 55.1. The van der Waals surface area contributed by atoms with Crippen molar-refractivity contribution in [2.45, 2.75) is 290 Å². The standard InChI is InChI=1S/C59H112NO7P/c1-3-5-7-9-11-13-15-17-19-21-23-25-27-28-29-31-33-35-37-39-41-43-45-47-49-51-54-64-56-58(57-66-68(62,63)65-55-53-60)67-59(61)52-50-48-46-44-42-40-38-36-34-32-30-26-24-22-20-18-16-14-12-10-8-6-4-2/h16,18,21-24,30,32,58H,3-15,17,19-20,25-29,31,33-57,60H2,1-2H3,(H,62,63)/b18-16-,23-21-,24-22-,32-30-. The number of allylic oxidation sites excluding steroid dienone is 8. The second kappa shape index (κ2) is 56.4. The summed E-state index contributed by atoms with van der Waals surface area (Å²) in [7, 11) is -4.29. The van der Waals surface area contributed by atoms with Gasteiger partial charge in [-0.3, -0.25) is 13.8 Å². The van der Waals surface area contributed by atoms with Crippen LogP contribution >= 0.6 is 7.82 Å². The second-order valence-electron chi connectivity index (χ2n) is 19.5. The van der Waals surface area contributed by atoms with Crippen LogP contribution in [0.3, 0.4) is 0 Å². The molecule has 0 aliphatic heterocycles. The molecule has 3 N–H and O–H groups in total. The van der Waals surface area contributed by atoms with Crippen molar-refractivity contribution in [1.82, 2.24) is 0 Å². The Balaban J connectivity index is 3.88. The summed E-state index contributed by atoms with van der Waals surface area (Å²) in [5.74, 6) is -0.334. The summed E-state index contributed by atoms with van der Waals surface area (Å²) in [6.45, 7) is 4.95. The molecule has 400 valence electrons. The van der Waals surface area contributed by atoms with Crippen molar-refractivity contribution in [3.8, 4) is 0 Å². The third kappa shape index (κ3) is 55.4. The molecule has 0 bridgehead atoms. The van der Waals surface area contributed by atoms with Crippen LogP contribution in [0.4, 0.5) is 0 Å². The lowest BCUT2D eigenvalue weighted by atomic mass is 10.0. The molecule has 0 amide bonds. The molecule has 0 aliphatic rings. The van der Waals surface area contributed by atoms with Gasteiger partial charge in [0, 0.05) is 19.6 Å². The van der Waals surface area contributed by atoms with Gasteiger partial charge in [-0.05, 0) is 77.0 Å². The maximum atomic E-state index is 12.7. The largest absolute Gasteiger partial charge is 0.472 e. The molecular formula is C59H112NO7P. The molecule has 9 heteroatoms. The molecule has 0 rings (SSSR count). The highest BCUT2D eigenvalue weighted by atomic mass is 31.2. The quantitative estimate of drug-likeness (QED) is 0.0268. The summed E-state index contributed by atoms with van der Waals surface area (Å²) in [4.78, 5) is 22.7. The molecule has 0 saturated carbocycles. The van der Waals surface area contributed by atoms with Crippen LogP contribution in [-0.2, 0) is 27.9 Å². The zero-order valence-electron chi connectivity index (χ0n) is 44.9. The summed E-state index contributed by atoms with van der Waals surface area (Å²) in [6, 6.07) is 0. The average Bonchev–Trinajstić information content (AvgIpc) is 3.33. The van der Waals surface area contributed by atoms with E-state index in [0.29, 0.717) is 13.0 Å². The van der Waals surface area contributed by atoms with Gasteiger partial charge in [-0.25, -0.2) is 4.57 Å². The van der Waals surface area contributed by atoms with E-state index in [2.05, 4.69) is 62.5 Å². The lowest BCUT2D eigenvalue weighted by Crippen LogP contribution is -2.28. The first-order chi connectivity index (χ1) is 33.4. The van der Waals surface area contributed by atoms with Crippen LogP contribution in [0.5, 0.6) is 0 Å². The number of unbranched alkanes of at least 4 members (excludes halogenated alkanes) is 35. The SMILES string of the molecule is CCCCCCC/C=C\C/C=C\C/C=C\CCCCCCCCCCC(=O)OC(COCCCCCCCCCCCCCCCC/C=C\CCCCCCCCCC)COP(=O)(O)OCCN. The zero-order chi connectivity index (χ0) is 49.4. The number of hydrogen-bond acceptors (Lipinski definition) is 7. The van der Waals surface area contributed by atoms with E-state index in [0.717, 1.165) is 51.4 Å². The fourth-order valence-electron chi connectivity index (χ4n) is 8.41. The van der Waals surface area contributed by atoms with Crippen LogP contribution in [0.25, 0.3) is 0 Å². The van der Waals surface area contributed by atoms with Crippen molar-refractivity contribution in [2.75, 3.05) is 33.0 Å². The highest BCUT2D eigenvalue weighted by Gasteiger charge is 2.25. The van der Waals surface area contributed by atoms with Crippen molar-refractivity contribution in [3.05, 3.63) is 48.6 Å². The summed E-state index contributed by atoms with van der Waals surface area (Å²) in [6.07, 6.45) is 70.2. The Morgan fingerprint density at radius 1 is 0.441 bits per heavy atom. The Labute approximate surface area is 421 Å². The van der Waals surface area contributed by atoms with Crippen LogP contribution < -0.4 is 5.73 Å². The van der Waals surface area contributed by atoms with Gasteiger partial charge in [-0.2, -0.15) is 0 Å². The van der Waals surface area contributed by atoms with Crippen molar-refractivity contribution in [3.63, 3.8) is 0 Å². The van der Waals surface area contributed by atoms with Gasteiger partial charge in [0.25, 0.3) is 0 Å². The van der Waals surface area contributed by atoms with Crippen molar-refractivity contribution in [2.24, 2.45) is 5.73 Å². The lowest BCUT2D eigenvalue weighted by molar-refractivity contribution is -0.154. The minimum absolute atomic E-state index is 0.0971. The number of esters is 1. The van der Waals surface area contributed by atoms with Gasteiger partial charge in [-0.1, -0.05) is 249 Å². The zero-order valence-corrected chi connectivity index (χ0v) is 45.7. The maximum Gasteiger partial charge on any atom is 0.472 e. The van der Waals surface area contributed by atoms with Crippen LogP contribution in [-0.4, -0.2) is 49.9 Å². The fourth-order valence-corrected chi connectivity index (χ4v) is 9.18. The molecule has 0 saturated heterocycles. The summed E-state index contributed by atoms with van der Waals surface area (Å²) >= 11 is 0. The number of carbonyl (C=O) groups excluding carboxylic acids is 1. The molecule has 8 nitrogen and oxygen atoms in total. The second-order valence-corrected chi connectivity index (χ2v) is 21.0. The smallest absolute Gasteiger partial charge is 0.457 e. The minimum atomic E-state index is -4.29. The number of phosphoric ester groups is 1. The highest BCUT2D eigenvalue weighted by molar-refractivity contribution is 7.47. The van der Waals surface area contributed by atoms with Gasteiger partial charge in [0.2, 0.25) is 0 Å². The molecule has 2 atom stereocenters. The van der Waals surface area contributed by atoms with E-state index in [1.807, 2.05) is 0 Å². The molecule has 68 heavy (non-hydrogen) atoms. The predicted molar refractivity (Wildman–Crippen MR) is 293 cm³/mol. The van der Waals surface area contributed by atoms with Crippen LogP contribution in [0, 0.1) is 0 Å². The predicted octanol–water partition coefficient (Wildman–Crippen LogP) is 18.7. The van der Waals surface area contributed by atoms with Gasteiger partial charge < -0.3 is 20.1 Å². The van der Waals surface area contributed by atoms with Crippen LogP contribution in [0.2, 0.25) is 0 Å². The first-order valence-corrected chi connectivity index (χ1v) is 30.6. The number of nitrogens with two attached hydrogens (primary N) is 1. The monoisotopic (exact) mass is 978 g/mol. The summed E-state index contributed by atoms with van der Waals surface area (Å²) < 4.78 is 33.7. The molecular weight excluding hydrogens is 866 g/mol. The third-order valence-corrected chi connectivity index (χ3v) is 13.7. The first-order valence-electron chi connectivity index (χ1n) is 29.1. The van der Waals surface area contributed by atoms with E-state index in [1.165, 1.54) is 212 Å². The van der Waals surface area contributed by atoms with E-state index in [4.69, 9.17) is 24.3 Å².